The number of rotatable bonds is 6. The second kappa shape index (κ2) is 6.89. The Balaban J connectivity index is 2.26. The second-order valence-electron chi connectivity index (χ2n) is 4.11. The third-order valence-corrected chi connectivity index (χ3v) is 2.52. The van der Waals surface area contributed by atoms with E-state index in [4.69, 9.17) is 0 Å². The zero-order valence-electron chi connectivity index (χ0n) is 10.9. The molecule has 0 fully saturated rings. The standard InChI is InChI=1S/C13H21N3O/c1-4-5-6-8-14-13(17)7-9-16-12(3)10-11(2)15-16/h4-5,10H,6-9H2,1-3H3,(H,14,17)/b5-4+. The van der Waals surface area contributed by atoms with Gasteiger partial charge in [-0.1, -0.05) is 12.2 Å². The molecule has 94 valence electrons. The topological polar surface area (TPSA) is 46.9 Å². The van der Waals surface area contributed by atoms with E-state index in [9.17, 15) is 4.79 Å². The Hall–Kier alpha value is -1.58. The van der Waals surface area contributed by atoms with Crippen LogP contribution in [0.15, 0.2) is 18.2 Å². The summed E-state index contributed by atoms with van der Waals surface area (Å²) in [4.78, 5) is 11.5. The Morgan fingerprint density at radius 2 is 2.29 bits per heavy atom. The van der Waals surface area contributed by atoms with Crippen LogP contribution in [0, 0.1) is 13.8 Å². The molecule has 1 aromatic heterocycles. The van der Waals surface area contributed by atoms with Crippen molar-refractivity contribution in [3.8, 4) is 0 Å². The Labute approximate surface area is 103 Å². The maximum absolute atomic E-state index is 11.5. The van der Waals surface area contributed by atoms with Crippen LogP contribution < -0.4 is 5.32 Å². The number of carbonyl (C=O) groups is 1. The molecule has 0 atom stereocenters. The van der Waals surface area contributed by atoms with Crippen molar-refractivity contribution in [3.63, 3.8) is 0 Å². The molecule has 1 heterocycles. The number of nitrogens with one attached hydrogen (secondary N) is 1. The number of carbonyl (C=O) groups excluding carboxylic acids is 1. The van der Waals surface area contributed by atoms with Gasteiger partial charge in [0.25, 0.3) is 0 Å². The lowest BCUT2D eigenvalue weighted by molar-refractivity contribution is -0.121. The molecule has 1 amide bonds. The van der Waals surface area contributed by atoms with Crippen LogP contribution in [0.2, 0.25) is 0 Å². The molecule has 0 radical (unpaired) electrons. The minimum atomic E-state index is 0.0852. The summed E-state index contributed by atoms with van der Waals surface area (Å²) in [5.74, 6) is 0.0852. The van der Waals surface area contributed by atoms with Gasteiger partial charge in [0.05, 0.1) is 5.69 Å². The number of hydrogen-bond donors (Lipinski definition) is 1. The summed E-state index contributed by atoms with van der Waals surface area (Å²) in [6.45, 7) is 7.30. The first-order chi connectivity index (χ1) is 8.13. The smallest absolute Gasteiger partial charge is 0.221 e. The van der Waals surface area contributed by atoms with Crippen molar-refractivity contribution in [1.29, 1.82) is 0 Å². The van der Waals surface area contributed by atoms with E-state index in [1.54, 1.807) is 0 Å². The van der Waals surface area contributed by atoms with E-state index < -0.39 is 0 Å². The minimum absolute atomic E-state index is 0.0852. The number of nitrogens with zero attached hydrogens (tertiary/aromatic N) is 2. The van der Waals surface area contributed by atoms with E-state index in [2.05, 4.69) is 10.4 Å². The quantitative estimate of drug-likeness (QED) is 0.605. The molecule has 17 heavy (non-hydrogen) atoms. The van der Waals surface area contributed by atoms with Crippen molar-refractivity contribution in [2.75, 3.05) is 6.54 Å². The SMILES string of the molecule is C/C=C/CCNC(=O)CCn1nc(C)cc1C. The summed E-state index contributed by atoms with van der Waals surface area (Å²) in [5.41, 5.74) is 2.10. The number of hydrogen-bond acceptors (Lipinski definition) is 2. The molecule has 1 rings (SSSR count). The van der Waals surface area contributed by atoms with Gasteiger partial charge in [-0.15, -0.1) is 0 Å². The van der Waals surface area contributed by atoms with Gasteiger partial charge >= 0.3 is 0 Å². The van der Waals surface area contributed by atoms with Crippen molar-refractivity contribution in [3.05, 3.63) is 29.6 Å². The fraction of sp³-hybridized carbons (Fsp3) is 0.538. The van der Waals surface area contributed by atoms with Gasteiger partial charge in [-0.2, -0.15) is 5.10 Å². The van der Waals surface area contributed by atoms with Crippen LogP contribution in [0.4, 0.5) is 0 Å². The van der Waals surface area contributed by atoms with E-state index >= 15 is 0 Å². The highest BCUT2D eigenvalue weighted by Crippen LogP contribution is 2.02. The first-order valence-corrected chi connectivity index (χ1v) is 6.02. The number of aromatic nitrogens is 2. The van der Waals surface area contributed by atoms with Crippen LogP contribution in [0.1, 0.15) is 31.2 Å². The fourth-order valence-corrected chi connectivity index (χ4v) is 1.66. The Morgan fingerprint density at radius 3 is 2.88 bits per heavy atom. The molecular weight excluding hydrogens is 214 g/mol. The van der Waals surface area contributed by atoms with Crippen LogP contribution in [0.3, 0.4) is 0 Å². The molecule has 0 spiro atoms. The molecule has 0 unspecified atom stereocenters. The average molecular weight is 235 g/mol. The van der Waals surface area contributed by atoms with Gasteiger partial charge in [0, 0.05) is 25.2 Å². The van der Waals surface area contributed by atoms with Gasteiger partial charge in [0.2, 0.25) is 5.91 Å². The second-order valence-corrected chi connectivity index (χ2v) is 4.11. The van der Waals surface area contributed by atoms with E-state index in [1.165, 1.54) is 0 Å². The van der Waals surface area contributed by atoms with E-state index in [0.29, 0.717) is 19.5 Å². The van der Waals surface area contributed by atoms with Gasteiger partial charge in [-0.3, -0.25) is 9.48 Å². The molecule has 0 aliphatic heterocycles. The first-order valence-electron chi connectivity index (χ1n) is 6.02. The molecule has 0 saturated heterocycles. The van der Waals surface area contributed by atoms with Crippen LogP contribution in [0.25, 0.3) is 0 Å². The normalized spacial score (nSPS) is 11.0. The van der Waals surface area contributed by atoms with E-state index in [-0.39, 0.29) is 5.91 Å². The predicted molar refractivity (Wildman–Crippen MR) is 68.8 cm³/mol. The molecule has 4 nitrogen and oxygen atoms in total. The van der Waals surface area contributed by atoms with Crippen LogP contribution in [-0.2, 0) is 11.3 Å². The van der Waals surface area contributed by atoms with Crippen molar-refractivity contribution >= 4 is 5.91 Å². The average Bonchev–Trinajstić information content (AvgIpc) is 2.61. The summed E-state index contributed by atoms with van der Waals surface area (Å²) >= 11 is 0. The lowest BCUT2D eigenvalue weighted by atomic mass is 10.3. The van der Waals surface area contributed by atoms with Crippen LogP contribution >= 0.6 is 0 Å². The Kier molecular flexibility index (Phi) is 5.46. The van der Waals surface area contributed by atoms with Crippen molar-refractivity contribution < 1.29 is 4.79 Å². The maximum atomic E-state index is 11.5. The van der Waals surface area contributed by atoms with Gasteiger partial charge in [0.1, 0.15) is 0 Å². The van der Waals surface area contributed by atoms with Gasteiger partial charge in [-0.05, 0) is 33.3 Å². The third kappa shape index (κ3) is 4.85. The number of allylic oxidation sites excluding steroid dienone is 1. The number of amides is 1. The van der Waals surface area contributed by atoms with Gasteiger partial charge in [0.15, 0.2) is 0 Å². The summed E-state index contributed by atoms with van der Waals surface area (Å²) in [6, 6.07) is 2.02. The Bertz CT molecular complexity index is 393. The third-order valence-electron chi connectivity index (χ3n) is 2.52. The molecule has 0 bridgehead atoms. The Morgan fingerprint density at radius 1 is 1.53 bits per heavy atom. The molecule has 0 saturated carbocycles. The molecule has 1 N–H and O–H groups in total. The van der Waals surface area contributed by atoms with E-state index in [0.717, 1.165) is 17.8 Å². The highest BCUT2D eigenvalue weighted by atomic mass is 16.1. The zero-order valence-corrected chi connectivity index (χ0v) is 10.9. The number of aryl methyl sites for hydroxylation is 3. The largest absolute Gasteiger partial charge is 0.356 e. The lowest BCUT2D eigenvalue weighted by Crippen LogP contribution is -2.25. The molecule has 0 aliphatic rings. The van der Waals surface area contributed by atoms with Crippen molar-refractivity contribution in [2.24, 2.45) is 0 Å². The van der Waals surface area contributed by atoms with E-state index in [1.807, 2.05) is 43.7 Å². The first kappa shape index (κ1) is 13.5. The predicted octanol–water partition coefficient (Wildman–Crippen LogP) is 1.97. The van der Waals surface area contributed by atoms with Gasteiger partial charge < -0.3 is 5.32 Å². The molecular formula is C13H21N3O. The summed E-state index contributed by atoms with van der Waals surface area (Å²) in [5, 5.41) is 7.20. The zero-order chi connectivity index (χ0) is 12.7. The van der Waals surface area contributed by atoms with Crippen LogP contribution in [-0.4, -0.2) is 22.2 Å². The molecule has 1 aromatic rings. The molecule has 4 heteroatoms. The minimum Gasteiger partial charge on any atom is -0.356 e. The van der Waals surface area contributed by atoms with Gasteiger partial charge in [-0.25, -0.2) is 0 Å². The van der Waals surface area contributed by atoms with Crippen LogP contribution in [0.5, 0.6) is 0 Å². The molecule has 0 aromatic carbocycles. The summed E-state index contributed by atoms with van der Waals surface area (Å²) in [7, 11) is 0. The molecule has 0 aliphatic carbocycles. The summed E-state index contributed by atoms with van der Waals surface area (Å²) in [6.07, 6.45) is 5.41. The highest BCUT2D eigenvalue weighted by Gasteiger charge is 2.04. The highest BCUT2D eigenvalue weighted by molar-refractivity contribution is 5.75. The summed E-state index contributed by atoms with van der Waals surface area (Å²) < 4.78 is 1.88. The lowest BCUT2D eigenvalue weighted by Gasteiger charge is -2.05. The monoisotopic (exact) mass is 235 g/mol. The van der Waals surface area contributed by atoms with Crippen molar-refractivity contribution in [2.45, 2.75) is 40.2 Å². The maximum Gasteiger partial charge on any atom is 0.221 e. The fourth-order valence-electron chi connectivity index (χ4n) is 1.66. The van der Waals surface area contributed by atoms with Crippen molar-refractivity contribution in [1.82, 2.24) is 15.1 Å².